The van der Waals surface area contributed by atoms with E-state index < -0.39 is 5.97 Å². The van der Waals surface area contributed by atoms with Gasteiger partial charge in [0.05, 0.1) is 13.0 Å². The van der Waals surface area contributed by atoms with Crippen LogP contribution in [0.25, 0.3) is 0 Å². The standard InChI is InChI=1S/C13H21N3O3/c1-13(2,3)16(7-6-11(17)18)8-10-14-12(19-15-10)9-4-5-9/h9H,4-8H2,1-3H3,(H,17,18). The molecule has 1 N–H and O–H groups in total. The average Bonchev–Trinajstić information content (AvgIpc) is 3.03. The van der Waals surface area contributed by atoms with Gasteiger partial charge in [-0.3, -0.25) is 9.69 Å². The summed E-state index contributed by atoms with van der Waals surface area (Å²) in [6, 6.07) is 0. The Morgan fingerprint density at radius 3 is 2.68 bits per heavy atom. The van der Waals surface area contributed by atoms with Crippen LogP contribution in [0.15, 0.2) is 4.52 Å². The predicted molar refractivity (Wildman–Crippen MR) is 68.7 cm³/mol. The van der Waals surface area contributed by atoms with Crippen molar-refractivity contribution in [3.05, 3.63) is 11.7 Å². The first-order chi connectivity index (χ1) is 8.86. The number of hydrogen-bond acceptors (Lipinski definition) is 5. The third-order valence-corrected chi connectivity index (χ3v) is 3.29. The number of carboxylic acid groups (broad SMARTS) is 1. The highest BCUT2D eigenvalue weighted by Crippen LogP contribution is 2.38. The van der Waals surface area contributed by atoms with E-state index in [9.17, 15) is 4.79 Å². The van der Waals surface area contributed by atoms with Gasteiger partial charge in [0.1, 0.15) is 0 Å². The molecule has 1 aliphatic rings. The first-order valence-electron chi connectivity index (χ1n) is 6.65. The minimum atomic E-state index is -0.791. The molecule has 0 amide bonds. The third-order valence-electron chi connectivity index (χ3n) is 3.29. The monoisotopic (exact) mass is 267 g/mol. The molecule has 0 saturated heterocycles. The predicted octanol–water partition coefficient (Wildman–Crippen LogP) is 2.02. The number of aromatic nitrogens is 2. The van der Waals surface area contributed by atoms with Crippen LogP contribution in [-0.4, -0.2) is 38.2 Å². The van der Waals surface area contributed by atoms with Gasteiger partial charge in [-0.1, -0.05) is 5.16 Å². The molecule has 1 heterocycles. The smallest absolute Gasteiger partial charge is 0.304 e. The van der Waals surface area contributed by atoms with Gasteiger partial charge in [0, 0.05) is 18.0 Å². The van der Waals surface area contributed by atoms with E-state index in [-0.39, 0.29) is 12.0 Å². The second-order valence-electron chi connectivity index (χ2n) is 6.06. The maximum Gasteiger partial charge on any atom is 0.304 e. The van der Waals surface area contributed by atoms with Crippen molar-refractivity contribution < 1.29 is 14.4 Å². The molecule has 1 aromatic rings. The van der Waals surface area contributed by atoms with E-state index in [0.29, 0.717) is 24.8 Å². The molecule has 1 aromatic heterocycles. The number of hydrogen-bond donors (Lipinski definition) is 1. The van der Waals surface area contributed by atoms with Crippen molar-refractivity contribution >= 4 is 5.97 Å². The van der Waals surface area contributed by atoms with Crippen LogP contribution in [0.2, 0.25) is 0 Å². The molecule has 1 fully saturated rings. The van der Waals surface area contributed by atoms with E-state index in [1.165, 1.54) is 0 Å². The lowest BCUT2D eigenvalue weighted by Gasteiger charge is -2.34. The van der Waals surface area contributed by atoms with Crippen molar-refractivity contribution in [1.82, 2.24) is 15.0 Å². The average molecular weight is 267 g/mol. The molecule has 1 aliphatic carbocycles. The second-order valence-corrected chi connectivity index (χ2v) is 6.06. The second kappa shape index (κ2) is 5.28. The quantitative estimate of drug-likeness (QED) is 0.849. The topological polar surface area (TPSA) is 79.5 Å². The number of carboxylic acids is 1. The fourth-order valence-electron chi connectivity index (χ4n) is 1.88. The fourth-order valence-corrected chi connectivity index (χ4v) is 1.88. The van der Waals surface area contributed by atoms with E-state index in [0.717, 1.165) is 18.7 Å². The Kier molecular flexibility index (Phi) is 3.89. The summed E-state index contributed by atoms with van der Waals surface area (Å²) in [5.74, 6) is 1.02. The van der Waals surface area contributed by atoms with E-state index in [1.807, 2.05) is 0 Å². The van der Waals surface area contributed by atoms with Gasteiger partial charge in [-0.25, -0.2) is 0 Å². The van der Waals surface area contributed by atoms with Gasteiger partial charge in [0.2, 0.25) is 5.89 Å². The summed E-state index contributed by atoms with van der Waals surface area (Å²) in [5.41, 5.74) is -0.129. The Labute approximate surface area is 112 Å². The Hall–Kier alpha value is -1.43. The van der Waals surface area contributed by atoms with E-state index in [1.54, 1.807) is 0 Å². The molecule has 0 unspecified atom stereocenters. The highest BCUT2D eigenvalue weighted by molar-refractivity contribution is 5.66. The zero-order valence-electron chi connectivity index (χ0n) is 11.7. The summed E-state index contributed by atoms with van der Waals surface area (Å²) >= 11 is 0. The van der Waals surface area contributed by atoms with Gasteiger partial charge in [0.15, 0.2) is 5.82 Å². The summed E-state index contributed by atoms with van der Waals surface area (Å²) in [6.45, 7) is 7.16. The Morgan fingerprint density at radius 2 is 2.16 bits per heavy atom. The summed E-state index contributed by atoms with van der Waals surface area (Å²) < 4.78 is 5.22. The van der Waals surface area contributed by atoms with Crippen LogP contribution < -0.4 is 0 Å². The normalized spacial score (nSPS) is 16.0. The van der Waals surface area contributed by atoms with Crippen LogP contribution in [0.3, 0.4) is 0 Å². The lowest BCUT2D eigenvalue weighted by atomic mass is 10.1. The van der Waals surface area contributed by atoms with E-state index >= 15 is 0 Å². The van der Waals surface area contributed by atoms with E-state index in [4.69, 9.17) is 9.63 Å². The number of aliphatic carboxylic acids is 1. The first-order valence-corrected chi connectivity index (χ1v) is 6.65. The molecule has 6 nitrogen and oxygen atoms in total. The summed E-state index contributed by atoms with van der Waals surface area (Å²) in [4.78, 5) is 17.2. The zero-order chi connectivity index (χ0) is 14.0. The zero-order valence-corrected chi connectivity index (χ0v) is 11.7. The fraction of sp³-hybridized carbons (Fsp3) is 0.769. The summed E-state index contributed by atoms with van der Waals surface area (Å²) in [7, 11) is 0. The molecule has 0 bridgehead atoms. The Balaban J connectivity index is 1.99. The number of carbonyl (C=O) groups is 1. The van der Waals surface area contributed by atoms with Crippen LogP contribution in [0.4, 0.5) is 0 Å². The maximum atomic E-state index is 10.7. The summed E-state index contributed by atoms with van der Waals surface area (Å²) in [6.07, 6.45) is 2.37. The van der Waals surface area contributed by atoms with Gasteiger partial charge < -0.3 is 9.63 Å². The van der Waals surface area contributed by atoms with Crippen LogP contribution in [0, 0.1) is 0 Å². The molecule has 6 heteroatoms. The largest absolute Gasteiger partial charge is 0.481 e. The van der Waals surface area contributed by atoms with Crippen LogP contribution in [0.1, 0.15) is 57.7 Å². The maximum absolute atomic E-state index is 10.7. The third kappa shape index (κ3) is 4.02. The molecular weight excluding hydrogens is 246 g/mol. The molecule has 0 aromatic carbocycles. The van der Waals surface area contributed by atoms with Crippen LogP contribution >= 0.6 is 0 Å². The van der Waals surface area contributed by atoms with Gasteiger partial charge in [-0.2, -0.15) is 4.98 Å². The highest BCUT2D eigenvalue weighted by atomic mass is 16.5. The summed E-state index contributed by atoms with van der Waals surface area (Å²) in [5, 5.41) is 12.8. The van der Waals surface area contributed by atoms with E-state index in [2.05, 4.69) is 35.8 Å². The molecule has 0 spiro atoms. The van der Waals surface area contributed by atoms with Crippen LogP contribution in [0.5, 0.6) is 0 Å². The SMILES string of the molecule is CC(C)(C)N(CCC(=O)O)Cc1noc(C2CC2)n1. The first kappa shape index (κ1) is 14.0. The minimum absolute atomic E-state index is 0.116. The molecule has 19 heavy (non-hydrogen) atoms. The van der Waals surface area contributed by atoms with Crippen molar-refractivity contribution in [2.45, 2.75) is 58.0 Å². The number of rotatable bonds is 6. The van der Waals surface area contributed by atoms with Gasteiger partial charge >= 0.3 is 5.97 Å². The highest BCUT2D eigenvalue weighted by Gasteiger charge is 2.30. The van der Waals surface area contributed by atoms with Crippen LogP contribution in [-0.2, 0) is 11.3 Å². The van der Waals surface area contributed by atoms with Crippen molar-refractivity contribution in [3.8, 4) is 0 Å². The Morgan fingerprint density at radius 1 is 1.47 bits per heavy atom. The lowest BCUT2D eigenvalue weighted by molar-refractivity contribution is -0.137. The molecule has 0 atom stereocenters. The molecule has 0 aliphatic heterocycles. The molecule has 106 valence electrons. The molecular formula is C13H21N3O3. The molecule has 1 saturated carbocycles. The van der Waals surface area contributed by atoms with Crippen molar-refractivity contribution in [3.63, 3.8) is 0 Å². The van der Waals surface area contributed by atoms with Crippen molar-refractivity contribution in [2.24, 2.45) is 0 Å². The van der Waals surface area contributed by atoms with Crippen molar-refractivity contribution in [2.75, 3.05) is 6.54 Å². The van der Waals surface area contributed by atoms with Crippen molar-refractivity contribution in [1.29, 1.82) is 0 Å². The Bertz CT molecular complexity index is 446. The molecule has 0 radical (unpaired) electrons. The molecule has 2 rings (SSSR count). The van der Waals surface area contributed by atoms with Gasteiger partial charge in [0.25, 0.3) is 0 Å². The lowest BCUT2D eigenvalue weighted by Crippen LogP contribution is -2.42. The van der Waals surface area contributed by atoms with Gasteiger partial charge in [-0.15, -0.1) is 0 Å². The van der Waals surface area contributed by atoms with Gasteiger partial charge in [-0.05, 0) is 33.6 Å². The number of nitrogens with zero attached hydrogens (tertiary/aromatic N) is 3. The minimum Gasteiger partial charge on any atom is -0.481 e.